The maximum absolute atomic E-state index is 13.0. The average molecular weight is 420 g/mol. The Balaban J connectivity index is 1.36. The Morgan fingerprint density at radius 3 is 2.48 bits per heavy atom. The van der Waals surface area contributed by atoms with Gasteiger partial charge in [-0.25, -0.2) is 17.7 Å². The number of fused-ring (bicyclic) bond motifs is 1. The van der Waals surface area contributed by atoms with E-state index in [0.29, 0.717) is 31.8 Å². The standard InChI is InChI=1S/C20H29N5O3S/c1-3-29(27,28)25-13-8-16(9-14-25)20(26)24-11-6-15(7-12-24)18-17-5-4-10-21-19(17)23(2)22-18/h4-5,10,15-16H,3,6-9,11-14H2,1-2H3. The van der Waals surface area contributed by atoms with Crippen molar-refractivity contribution in [3.63, 3.8) is 0 Å². The zero-order valence-corrected chi connectivity index (χ0v) is 17.9. The molecule has 9 heteroatoms. The van der Waals surface area contributed by atoms with Crippen molar-refractivity contribution in [2.75, 3.05) is 31.9 Å². The van der Waals surface area contributed by atoms with Crippen LogP contribution in [0.25, 0.3) is 11.0 Å². The summed E-state index contributed by atoms with van der Waals surface area (Å²) in [4.78, 5) is 19.4. The molecule has 0 spiro atoms. The molecule has 1 amide bonds. The minimum Gasteiger partial charge on any atom is -0.342 e. The molecule has 2 aromatic rings. The van der Waals surface area contributed by atoms with E-state index in [2.05, 4.69) is 11.1 Å². The van der Waals surface area contributed by atoms with Crippen LogP contribution in [0.2, 0.25) is 0 Å². The highest BCUT2D eigenvalue weighted by atomic mass is 32.2. The number of pyridine rings is 1. The van der Waals surface area contributed by atoms with Gasteiger partial charge < -0.3 is 4.90 Å². The van der Waals surface area contributed by atoms with Gasteiger partial charge in [-0.05, 0) is 44.7 Å². The number of amides is 1. The smallest absolute Gasteiger partial charge is 0.225 e. The number of aryl methyl sites for hydroxylation is 1. The van der Waals surface area contributed by atoms with E-state index in [1.54, 1.807) is 13.1 Å². The van der Waals surface area contributed by atoms with Crippen LogP contribution in [0.5, 0.6) is 0 Å². The van der Waals surface area contributed by atoms with Crippen molar-refractivity contribution in [3.8, 4) is 0 Å². The molecule has 0 N–H and O–H groups in total. The van der Waals surface area contributed by atoms with Crippen molar-refractivity contribution < 1.29 is 13.2 Å². The molecule has 0 unspecified atom stereocenters. The Morgan fingerprint density at radius 2 is 1.83 bits per heavy atom. The lowest BCUT2D eigenvalue weighted by Crippen LogP contribution is -2.46. The zero-order valence-electron chi connectivity index (χ0n) is 17.1. The van der Waals surface area contributed by atoms with Crippen LogP contribution in [0.3, 0.4) is 0 Å². The third-order valence-corrected chi connectivity index (χ3v) is 8.26. The lowest BCUT2D eigenvalue weighted by molar-refractivity contribution is -0.137. The van der Waals surface area contributed by atoms with Crippen molar-refractivity contribution in [2.24, 2.45) is 13.0 Å². The van der Waals surface area contributed by atoms with Crippen molar-refractivity contribution in [1.82, 2.24) is 24.0 Å². The van der Waals surface area contributed by atoms with E-state index in [0.717, 1.165) is 42.7 Å². The van der Waals surface area contributed by atoms with Crippen LogP contribution < -0.4 is 0 Å². The van der Waals surface area contributed by atoms with Gasteiger partial charge in [0.15, 0.2) is 5.65 Å². The maximum atomic E-state index is 13.0. The molecule has 0 atom stereocenters. The molecule has 4 rings (SSSR count). The summed E-state index contributed by atoms with van der Waals surface area (Å²) in [6.07, 6.45) is 4.82. The number of carbonyl (C=O) groups is 1. The molecule has 0 radical (unpaired) electrons. The molecule has 29 heavy (non-hydrogen) atoms. The number of piperidine rings is 2. The topological polar surface area (TPSA) is 88.4 Å². The van der Waals surface area contributed by atoms with Crippen LogP contribution in [-0.2, 0) is 21.9 Å². The first-order valence-corrected chi connectivity index (χ1v) is 12.1. The van der Waals surface area contributed by atoms with Gasteiger partial charge in [0.1, 0.15) is 0 Å². The van der Waals surface area contributed by atoms with E-state index in [4.69, 9.17) is 5.10 Å². The quantitative estimate of drug-likeness (QED) is 0.753. The summed E-state index contributed by atoms with van der Waals surface area (Å²) in [5.74, 6) is 0.583. The molecule has 0 bridgehead atoms. The number of nitrogens with zero attached hydrogens (tertiary/aromatic N) is 5. The van der Waals surface area contributed by atoms with Crippen LogP contribution in [0.15, 0.2) is 18.3 Å². The summed E-state index contributed by atoms with van der Waals surface area (Å²) in [5, 5.41) is 5.80. The summed E-state index contributed by atoms with van der Waals surface area (Å²) < 4.78 is 27.4. The molecule has 2 fully saturated rings. The Labute approximate surface area is 171 Å². The maximum Gasteiger partial charge on any atom is 0.225 e. The Bertz CT molecular complexity index is 987. The van der Waals surface area contributed by atoms with E-state index in [1.165, 1.54) is 4.31 Å². The third-order valence-electron chi connectivity index (χ3n) is 6.38. The highest BCUT2D eigenvalue weighted by Crippen LogP contribution is 2.33. The van der Waals surface area contributed by atoms with Crippen LogP contribution >= 0.6 is 0 Å². The fourth-order valence-electron chi connectivity index (χ4n) is 4.61. The number of sulfonamides is 1. The molecular formula is C20H29N5O3S. The molecule has 158 valence electrons. The molecule has 2 aliphatic heterocycles. The number of carbonyl (C=O) groups excluding carboxylic acids is 1. The monoisotopic (exact) mass is 419 g/mol. The highest BCUT2D eigenvalue weighted by Gasteiger charge is 2.34. The fraction of sp³-hybridized carbons (Fsp3) is 0.650. The Morgan fingerprint density at radius 1 is 1.14 bits per heavy atom. The first kappa shape index (κ1) is 20.3. The second-order valence-corrected chi connectivity index (χ2v) is 10.3. The SMILES string of the molecule is CCS(=O)(=O)N1CCC(C(=O)N2CCC(c3nn(C)c4ncccc34)CC2)CC1. The minimum absolute atomic E-state index is 0.0604. The van der Waals surface area contributed by atoms with E-state index < -0.39 is 10.0 Å². The first-order chi connectivity index (χ1) is 13.9. The number of rotatable bonds is 4. The molecule has 2 aromatic heterocycles. The van der Waals surface area contributed by atoms with E-state index in [9.17, 15) is 13.2 Å². The average Bonchev–Trinajstić information content (AvgIpc) is 3.10. The number of aromatic nitrogens is 3. The minimum atomic E-state index is -3.15. The molecule has 8 nitrogen and oxygen atoms in total. The van der Waals surface area contributed by atoms with Gasteiger partial charge in [-0.15, -0.1) is 0 Å². The second-order valence-electron chi connectivity index (χ2n) is 8.06. The fourth-order valence-corrected chi connectivity index (χ4v) is 5.75. The van der Waals surface area contributed by atoms with Crippen LogP contribution in [-0.4, -0.2) is 70.2 Å². The highest BCUT2D eigenvalue weighted by molar-refractivity contribution is 7.89. The van der Waals surface area contributed by atoms with Gasteiger partial charge in [0, 0.05) is 56.6 Å². The summed E-state index contributed by atoms with van der Waals surface area (Å²) in [5.41, 5.74) is 1.98. The molecule has 0 aromatic carbocycles. The summed E-state index contributed by atoms with van der Waals surface area (Å²) >= 11 is 0. The summed E-state index contributed by atoms with van der Waals surface area (Å²) in [7, 11) is -1.24. The van der Waals surface area contributed by atoms with Crippen molar-refractivity contribution in [1.29, 1.82) is 0 Å². The van der Waals surface area contributed by atoms with Crippen molar-refractivity contribution in [2.45, 2.75) is 38.5 Å². The molecule has 0 saturated carbocycles. The molecule has 0 aliphatic carbocycles. The summed E-state index contributed by atoms with van der Waals surface area (Å²) in [6.45, 7) is 4.04. The van der Waals surface area contributed by atoms with Gasteiger partial charge in [-0.1, -0.05) is 0 Å². The molecule has 4 heterocycles. The lowest BCUT2D eigenvalue weighted by atomic mass is 9.90. The van der Waals surface area contributed by atoms with E-state index in [-0.39, 0.29) is 17.6 Å². The van der Waals surface area contributed by atoms with Crippen LogP contribution in [0, 0.1) is 5.92 Å². The van der Waals surface area contributed by atoms with Gasteiger partial charge >= 0.3 is 0 Å². The second kappa shape index (κ2) is 8.02. The van der Waals surface area contributed by atoms with Crippen LogP contribution in [0.4, 0.5) is 0 Å². The molecule has 2 aliphatic rings. The number of hydrogen-bond donors (Lipinski definition) is 0. The molecular weight excluding hydrogens is 390 g/mol. The Kier molecular flexibility index (Phi) is 5.61. The summed E-state index contributed by atoms with van der Waals surface area (Å²) in [6, 6.07) is 4.01. The van der Waals surface area contributed by atoms with E-state index in [1.807, 2.05) is 22.7 Å². The Hall–Kier alpha value is -2.00. The van der Waals surface area contributed by atoms with E-state index >= 15 is 0 Å². The van der Waals surface area contributed by atoms with Gasteiger partial charge in [-0.3, -0.25) is 9.48 Å². The third kappa shape index (κ3) is 3.90. The normalized spacial score (nSPS) is 20.4. The van der Waals surface area contributed by atoms with Gasteiger partial charge in [0.2, 0.25) is 15.9 Å². The largest absolute Gasteiger partial charge is 0.342 e. The van der Waals surface area contributed by atoms with Gasteiger partial charge in [0.05, 0.1) is 11.4 Å². The lowest BCUT2D eigenvalue weighted by Gasteiger charge is -2.36. The predicted octanol–water partition coefficient (Wildman–Crippen LogP) is 1.74. The number of hydrogen-bond acceptors (Lipinski definition) is 5. The van der Waals surface area contributed by atoms with Crippen LogP contribution in [0.1, 0.15) is 44.2 Å². The van der Waals surface area contributed by atoms with Gasteiger partial charge in [-0.2, -0.15) is 5.10 Å². The zero-order chi connectivity index (χ0) is 20.6. The number of likely N-dealkylation sites (tertiary alicyclic amines) is 1. The molecule has 2 saturated heterocycles. The van der Waals surface area contributed by atoms with Gasteiger partial charge in [0.25, 0.3) is 0 Å². The van der Waals surface area contributed by atoms with Crippen molar-refractivity contribution >= 4 is 27.0 Å². The first-order valence-electron chi connectivity index (χ1n) is 10.4. The predicted molar refractivity (Wildman–Crippen MR) is 111 cm³/mol. The van der Waals surface area contributed by atoms with Crippen molar-refractivity contribution in [3.05, 3.63) is 24.0 Å².